The summed E-state index contributed by atoms with van der Waals surface area (Å²) < 4.78 is 0. The molecule has 2 nitrogen and oxygen atoms in total. The van der Waals surface area contributed by atoms with E-state index in [9.17, 15) is 0 Å². The van der Waals surface area contributed by atoms with Gasteiger partial charge in [0.05, 0.1) is 11.4 Å². The van der Waals surface area contributed by atoms with Crippen molar-refractivity contribution in [1.82, 2.24) is 4.98 Å². The van der Waals surface area contributed by atoms with Gasteiger partial charge in [0.2, 0.25) is 0 Å². The van der Waals surface area contributed by atoms with Gasteiger partial charge in [-0.15, -0.1) is 0 Å². The molecule has 0 saturated carbocycles. The molecule has 0 spiro atoms. The summed E-state index contributed by atoms with van der Waals surface area (Å²) in [4.78, 5) is 6.70. The van der Waals surface area contributed by atoms with Gasteiger partial charge in [0.25, 0.3) is 0 Å². The molecule has 1 aromatic heterocycles. The lowest BCUT2D eigenvalue weighted by molar-refractivity contribution is 0.632. The van der Waals surface area contributed by atoms with Gasteiger partial charge >= 0.3 is 0 Å². The number of aryl methyl sites for hydroxylation is 1. The SMILES string of the molecule is Cc1cc(N2c3ccccc3C(C)(C)c3ccccc32)ccn1. The summed E-state index contributed by atoms with van der Waals surface area (Å²) in [5, 5.41) is 0. The third kappa shape index (κ3) is 2.06. The molecule has 4 rings (SSSR count). The van der Waals surface area contributed by atoms with Gasteiger partial charge in [-0.05, 0) is 42.3 Å². The summed E-state index contributed by atoms with van der Waals surface area (Å²) in [7, 11) is 0. The topological polar surface area (TPSA) is 16.1 Å². The van der Waals surface area contributed by atoms with E-state index in [4.69, 9.17) is 0 Å². The number of nitrogens with zero attached hydrogens (tertiary/aromatic N) is 2. The van der Waals surface area contributed by atoms with E-state index in [-0.39, 0.29) is 5.41 Å². The number of para-hydroxylation sites is 2. The van der Waals surface area contributed by atoms with Crippen LogP contribution in [0.2, 0.25) is 0 Å². The van der Waals surface area contributed by atoms with Crippen LogP contribution in [-0.2, 0) is 5.41 Å². The summed E-state index contributed by atoms with van der Waals surface area (Å²) in [5.41, 5.74) is 7.39. The number of anilines is 3. The lowest BCUT2D eigenvalue weighted by Crippen LogP contribution is -2.30. The highest BCUT2D eigenvalue weighted by molar-refractivity contribution is 5.85. The molecule has 0 atom stereocenters. The van der Waals surface area contributed by atoms with Crippen LogP contribution in [0.3, 0.4) is 0 Å². The van der Waals surface area contributed by atoms with Gasteiger partial charge in [-0.1, -0.05) is 50.2 Å². The number of hydrogen-bond donors (Lipinski definition) is 0. The van der Waals surface area contributed by atoms with E-state index in [1.807, 2.05) is 13.1 Å². The maximum absolute atomic E-state index is 4.35. The zero-order valence-corrected chi connectivity index (χ0v) is 13.7. The zero-order valence-electron chi connectivity index (χ0n) is 13.7. The van der Waals surface area contributed by atoms with Gasteiger partial charge in [-0.2, -0.15) is 0 Å². The molecule has 0 radical (unpaired) electrons. The minimum absolute atomic E-state index is 0.00817. The highest BCUT2D eigenvalue weighted by atomic mass is 15.2. The molecule has 3 aromatic rings. The fourth-order valence-electron chi connectivity index (χ4n) is 3.62. The van der Waals surface area contributed by atoms with Crippen molar-refractivity contribution in [2.75, 3.05) is 4.90 Å². The van der Waals surface area contributed by atoms with Crippen LogP contribution in [-0.4, -0.2) is 4.98 Å². The summed E-state index contributed by atoms with van der Waals surface area (Å²) in [6, 6.07) is 21.6. The Labute approximate surface area is 137 Å². The van der Waals surface area contributed by atoms with Gasteiger partial charge in [-0.3, -0.25) is 4.98 Å². The van der Waals surface area contributed by atoms with E-state index in [1.54, 1.807) is 0 Å². The Bertz CT molecular complexity index is 831. The van der Waals surface area contributed by atoms with Gasteiger partial charge in [0.15, 0.2) is 0 Å². The fourth-order valence-corrected chi connectivity index (χ4v) is 3.62. The summed E-state index contributed by atoms with van der Waals surface area (Å²) >= 11 is 0. The van der Waals surface area contributed by atoms with Crippen molar-refractivity contribution >= 4 is 17.1 Å². The van der Waals surface area contributed by atoms with Crippen molar-refractivity contribution in [3.05, 3.63) is 83.7 Å². The highest BCUT2D eigenvalue weighted by Crippen LogP contribution is 2.51. The van der Waals surface area contributed by atoms with Crippen LogP contribution in [0, 0.1) is 6.92 Å². The number of rotatable bonds is 1. The van der Waals surface area contributed by atoms with Gasteiger partial charge in [-0.25, -0.2) is 0 Å². The van der Waals surface area contributed by atoms with Crippen LogP contribution in [0.1, 0.15) is 30.7 Å². The smallest absolute Gasteiger partial charge is 0.0502 e. The minimum Gasteiger partial charge on any atom is -0.310 e. The predicted octanol–water partition coefficient (Wildman–Crippen LogP) is 5.50. The molecule has 0 unspecified atom stereocenters. The Hall–Kier alpha value is -2.61. The second kappa shape index (κ2) is 4.95. The van der Waals surface area contributed by atoms with Gasteiger partial charge < -0.3 is 4.90 Å². The lowest BCUT2D eigenvalue weighted by atomic mass is 9.73. The van der Waals surface area contributed by atoms with Crippen molar-refractivity contribution in [2.45, 2.75) is 26.2 Å². The first-order valence-electron chi connectivity index (χ1n) is 8.01. The number of pyridine rings is 1. The highest BCUT2D eigenvalue weighted by Gasteiger charge is 2.36. The summed E-state index contributed by atoms with van der Waals surface area (Å²) in [5.74, 6) is 0. The Morgan fingerprint density at radius 2 is 1.39 bits per heavy atom. The molecular weight excluding hydrogens is 280 g/mol. The molecule has 114 valence electrons. The molecule has 1 aliphatic rings. The standard InChI is InChI=1S/C21H20N2/c1-15-14-16(12-13-22-15)23-19-10-6-4-8-17(19)21(2,3)18-9-5-7-11-20(18)23/h4-14H,1-3H3. The second-order valence-electron chi connectivity index (χ2n) is 6.65. The number of hydrogen-bond acceptors (Lipinski definition) is 2. The normalized spacial score (nSPS) is 15.0. The molecule has 2 heterocycles. The number of aromatic nitrogens is 1. The van der Waals surface area contributed by atoms with Crippen molar-refractivity contribution in [3.63, 3.8) is 0 Å². The molecule has 0 fully saturated rings. The first-order valence-corrected chi connectivity index (χ1v) is 8.01. The fraction of sp³-hybridized carbons (Fsp3) is 0.190. The third-order valence-electron chi connectivity index (χ3n) is 4.78. The van der Waals surface area contributed by atoms with E-state index < -0.39 is 0 Å². The average molecular weight is 300 g/mol. The number of benzene rings is 2. The average Bonchev–Trinajstić information content (AvgIpc) is 2.55. The lowest BCUT2D eigenvalue weighted by Gasteiger charge is -2.42. The molecule has 1 aliphatic heterocycles. The zero-order chi connectivity index (χ0) is 16.0. The van der Waals surface area contributed by atoms with E-state index in [1.165, 1.54) is 22.5 Å². The molecule has 2 heteroatoms. The van der Waals surface area contributed by atoms with E-state index in [2.05, 4.69) is 84.4 Å². The first-order chi connectivity index (χ1) is 11.1. The van der Waals surface area contributed by atoms with Crippen LogP contribution in [0.15, 0.2) is 66.9 Å². The van der Waals surface area contributed by atoms with Gasteiger partial charge in [0.1, 0.15) is 0 Å². The maximum atomic E-state index is 4.35. The van der Waals surface area contributed by atoms with Crippen LogP contribution < -0.4 is 4.90 Å². The minimum atomic E-state index is -0.00817. The number of fused-ring (bicyclic) bond motifs is 2. The Kier molecular flexibility index (Phi) is 3.02. The monoisotopic (exact) mass is 300 g/mol. The molecule has 0 aliphatic carbocycles. The third-order valence-corrected chi connectivity index (χ3v) is 4.78. The van der Waals surface area contributed by atoms with Crippen molar-refractivity contribution in [3.8, 4) is 0 Å². The molecule has 0 N–H and O–H groups in total. The maximum Gasteiger partial charge on any atom is 0.0502 e. The van der Waals surface area contributed by atoms with Crippen molar-refractivity contribution in [1.29, 1.82) is 0 Å². The Morgan fingerprint density at radius 1 is 0.826 bits per heavy atom. The van der Waals surface area contributed by atoms with E-state index in [0.29, 0.717) is 0 Å². The predicted molar refractivity (Wildman–Crippen MR) is 95.8 cm³/mol. The second-order valence-corrected chi connectivity index (χ2v) is 6.65. The van der Waals surface area contributed by atoms with Crippen LogP contribution >= 0.6 is 0 Å². The van der Waals surface area contributed by atoms with Gasteiger partial charge in [0, 0.05) is 23.0 Å². The first kappa shape index (κ1) is 14.0. The Balaban J connectivity index is 2.04. The summed E-state index contributed by atoms with van der Waals surface area (Å²) in [6.07, 6.45) is 1.88. The molecule has 0 saturated heterocycles. The molecule has 2 aromatic carbocycles. The Morgan fingerprint density at radius 3 is 1.96 bits per heavy atom. The van der Waals surface area contributed by atoms with Crippen molar-refractivity contribution in [2.24, 2.45) is 0 Å². The molecular formula is C21H20N2. The van der Waals surface area contributed by atoms with Crippen LogP contribution in [0.4, 0.5) is 17.1 Å². The van der Waals surface area contributed by atoms with Crippen molar-refractivity contribution < 1.29 is 0 Å². The molecule has 0 amide bonds. The van der Waals surface area contributed by atoms with Crippen LogP contribution in [0.25, 0.3) is 0 Å². The molecule has 0 bridgehead atoms. The van der Waals surface area contributed by atoms with E-state index in [0.717, 1.165) is 11.4 Å². The summed E-state index contributed by atoms with van der Waals surface area (Å²) in [6.45, 7) is 6.65. The van der Waals surface area contributed by atoms with Crippen LogP contribution in [0.5, 0.6) is 0 Å². The quantitative estimate of drug-likeness (QED) is 0.590. The largest absolute Gasteiger partial charge is 0.310 e. The molecule has 23 heavy (non-hydrogen) atoms. The van der Waals surface area contributed by atoms with E-state index >= 15 is 0 Å².